The lowest BCUT2D eigenvalue weighted by atomic mass is 9.85. The molecule has 0 aromatic carbocycles. The van der Waals surface area contributed by atoms with Crippen LogP contribution in [0.5, 0.6) is 0 Å². The Bertz CT molecular complexity index is 311. The van der Waals surface area contributed by atoms with Crippen molar-refractivity contribution in [2.24, 2.45) is 11.8 Å². The number of rotatable bonds is 3. The van der Waals surface area contributed by atoms with Gasteiger partial charge in [0.1, 0.15) is 6.04 Å². The molecule has 1 heterocycles. The lowest BCUT2D eigenvalue weighted by molar-refractivity contribution is -0.135. The quantitative estimate of drug-likeness (QED) is 0.802. The molecule has 1 saturated heterocycles. The Morgan fingerprint density at radius 2 is 2.06 bits per heavy atom. The number of nitrogens with one attached hydrogen (secondary N) is 1. The van der Waals surface area contributed by atoms with Crippen LogP contribution in [0.4, 0.5) is 0 Å². The van der Waals surface area contributed by atoms with Crippen LogP contribution in [0.15, 0.2) is 0 Å². The Kier molecular flexibility index (Phi) is 3.69. The fourth-order valence-electron chi connectivity index (χ4n) is 2.47. The van der Waals surface area contributed by atoms with Crippen LogP contribution in [-0.4, -0.2) is 35.8 Å². The molecule has 1 atom stereocenters. The molecule has 1 saturated carbocycles. The highest BCUT2D eigenvalue weighted by molar-refractivity contribution is 5.90. The monoisotopic (exact) mass is 238 g/mol. The predicted octanol–water partition coefficient (Wildman–Crippen LogP) is 1.16. The fourth-order valence-corrected chi connectivity index (χ4v) is 2.47. The Labute approximate surface area is 103 Å². The average molecular weight is 238 g/mol. The SMILES string of the molecule is CC(C)C1NC(=O)CCN(CC2CCC2)C1=O. The van der Waals surface area contributed by atoms with Gasteiger partial charge in [-0.2, -0.15) is 0 Å². The lowest BCUT2D eigenvalue weighted by Gasteiger charge is -2.33. The van der Waals surface area contributed by atoms with E-state index in [0.717, 1.165) is 6.54 Å². The molecule has 1 aliphatic heterocycles. The molecule has 1 aliphatic carbocycles. The lowest BCUT2D eigenvalue weighted by Crippen LogP contribution is -2.49. The van der Waals surface area contributed by atoms with Gasteiger partial charge in [-0.15, -0.1) is 0 Å². The Morgan fingerprint density at radius 3 is 2.59 bits per heavy atom. The topological polar surface area (TPSA) is 49.4 Å². The van der Waals surface area contributed by atoms with E-state index in [1.54, 1.807) is 0 Å². The summed E-state index contributed by atoms with van der Waals surface area (Å²) in [6.45, 7) is 5.40. The van der Waals surface area contributed by atoms with E-state index in [-0.39, 0.29) is 23.8 Å². The second kappa shape index (κ2) is 5.07. The summed E-state index contributed by atoms with van der Waals surface area (Å²) in [7, 11) is 0. The summed E-state index contributed by atoms with van der Waals surface area (Å²) in [6.07, 6.45) is 4.20. The number of nitrogens with zero attached hydrogens (tertiary/aromatic N) is 1. The second-order valence-electron chi connectivity index (χ2n) is 5.62. The van der Waals surface area contributed by atoms with Crippen LogP contribution in [0.1, 0.15) is 39.5 Å². The molecule has 1 N–H and O–H groups in total. The molecule has 0 bridgehead atoms. The zero-order chi connectivity index (χ0) is 12.4. The van der Waals surface area contributed by atoms with Gasteiger partial charge in [-0.3, -0.25) is 9.59 Å². The third-order valence-electron chi connectivity index (χ3n) is 3.87. The van der Waals surface area contributed by atoms with Gasteiger partial charge in [0.15, 0.2) is 0 Å². The Hall–Kier alpha value is -1.06. The maximum Gasteiger partial charge on any atom is 0.245 e. The molecule has 2 fully saturated rings. The molecular weight excluding hydrogens is 216 g/mol. The minimum atomic E-state index is -0.329. The summed E-state index contributed by atoms with van der Waals surface area (Å²) >= 11 is 0. The molecule has 0 radical (unpaired) electrons. The van der Waals surface area contributed by atoms with Gasteiger partial charge in [0, 0.05) is 19.5 Å². The third-order valence-corrected chi connectivity index (χ3v) is 3.87. The zero-order valence-corrected chi connectivity index (χ0v) is 10.7. The first kappa shape index (κ1) is 12.4. The van der Waals surface area contributed by atoms with Gasteiger partial charge in [-0.1, -0.05) is 20.3 Å². The summed E-state index contributed by atoms with van der Waals surface area (Å²) < 4.78 is 0. The van der Waals surface area contributed by atoms with Crippen molar-refractivity contribution in [1.82, 2.24) is 10.2 Å². The largest absolute Gasteiger partial charge is 0.344 e. The maximum atomic E-state index is 12.3. The molecule has 0 aromatic heterocycles. The number of carbonyl (C=O) groups is 2. The summed E-state index contributed by atoms with van der Waals surface area (Å²) in [5, 5.41) is 2.84. The van der Waals surface area contributed by atoms with E-state index in [2.05, 4.69) is 5.32 Å². The minimum absolute atomic E-state index is 0.00756. The van der Waals surface area contributed by atoms with Crippen molar-refractivity contribution in [3.63, 3.8) is 0 Å². The molecule has 96 valence electrons. The molecule has 0 spiro atoms. The van der Waals surface area contributed by atoms with E-state index in [1.807, 2.05) is 18.7 Å². The number of carbonyl (C=O) groups excluding carboxylic acids is 2. The summed E-state index contributed by atoms with van der Waals surface area (Å²) in [5.41, 5.74) is 0. The molecule has 1 unspecified atom stereocenters. The van der Waals surface area contributed by atoms with E-state index >= 15 is 0 Å². The molecular formula is C13H22N2O2. The van der Waals surface area contributed by atoms with Crippen LogP contribution in [0.3, 0.4) is 0 Å². The highest BCUT2D eigenvalue weighted by Gasteiger charge is 2.33. The van der Waals surface area contributed by atoms with Gasteiger partial charge in [-0.05, 0) is 24.7 Å². The molecule has 4 nitrogen and oxygen atoms in total. The molecule has 0 aromatic rings. The summed E-state index contributed by atoms with van der Waals surface area (Å²) in [5.74, 6) is 0.944. The van der Waals surface area contributed by atoms with Crippen LogP contribution in [0, 0.1) is 11.8 Å². The van der Waals surface area contributed by atoms with Crippen molar-refractivity contribution in [1.29, 1.82) is 0 Å². The van der Waals surface area contributed by atoms with Gasteiger partial charge < -0.3 is 10.2 Å². The van der Waals surface area contributed by atoms with Crippen LogP contribution in [0.2, 0.25) is 0 Å². The van der Waals surface area contributed by atoms with Crippen LogP contribution >= 0.6 is 0 Å². The highest BCUT2D eigenvalue weighted by atomic mass is 16.2. The van der Waals surface area contributed by atoms with Crippen LogP contribution in [0.25, 0.3) is 0 Å². The zero-order valence-electron chi connectivity index (χ0n) is 10.7. The van der Waals surface area contributed by atoms with Crippen molar-refractivity contribution in [2.75, 3.05) is 13.1 Å². The highest BCUT2D eigenvalue weighted by Crippen LogP contribution is 2.27. The maximum absolute atomic E-state index is 12.3. The first-order valence-corrected chi connectivity index (χ1v) is 6.66. The van der Waals surface area contributed by atoms with E-state index in [4.69, 9.17) is 0 Å². The van der Waals surface area contributed by atoms with E-state index in [9.17, 15) is 9.59 Å². The Morgan fingerprint density at radius 1 is 1.35 bits per heavy atom. The number of hydrogen-bond acceptors (Lipinski definition) is 2. The first-order valence-electron chi connectivity index (χ1n) is 6.66. The van der Waals surface area contributed by atoms with E-state index < -0.39 is 0 Å². The smallest absolute Gasteiger partial charge is 0.245 e. The van der Waals surface area contributed by atoms with Crippen molar-refractivity contribution < 1.29 is 9.59 Å². The van der Waals surface area contributed by atoms with Crippen LogP contribution < -0.4 is 5.32 Å². The molecule has 2 amide bonds. The number of amides is 2. The fraction of sp³-hybridized carbons (Fsp3) is 0.846. The summed E-state index contributed by atoms with van der Waals surface area (Å²) in [4.78, 5) is 25.8. The molecule has 2 rings (SSSR count). The van der Waals surface area contributed by atoms with Gasteiger partial charge in [0.05, 0.1) is 0 Å². The second-order valence-corrected chi connectivity index (χ2v) is 5.62. The van der Waals surface area contributed by atoms with Gasteiger partial charge >= 0.3 is 0 Å². The molecule has 2 aliphatic rings. The van der Waals surface area contributed by atoms with E-state index in [1.165, 1.54) is 19.3 Å². The average Bonchev–Trinajstić information content (AvgIpc) is 2.34. The molecule has 17 heavy (non-hydrogen) atoms. The van der Waals surface area contributed by atoms with Gasteiger partial charge in [0.25, 0.3) is 0 Å². The molecule has 4 heteroatoms. The minimum Gasteiger partial charge on any atom is -0.344 e. The van der Waals surface area contributed by atoms with E-state index in [0.29, 0.717) is 18.9 Å². The normalized spacial score (nSPS) is 26.8. The number of hydrogen-bond donors (Lipinski definition) is 1. The Balaban J connectivity index is 2.03. The first-order chi connectivity index (χ1) is 8.08. The van der Waals surface area contributed by atoms with Crippen LogP contribution in [-0.2, 0) is 9.59 Å². The van der Waals surface area contributed by atoms with Crippen molar-refractivity contribution in [3.8, 4) is 0 Å². The van der Waals surface area contributed by atoms with Gasteiger partial charge in [0.2, 0.25) is 11.8 Å². The predicted molar refractivity (Wildman–Crippen MR) is 65.3 cm³/mol. The standard InChI is InChI=1S/C13H22N2O2/c1-9(2)12-13(17)15(7-6-11(16)14-12)8-10-4-3-5-10/h9-10,12H,3-8H2,1-2H3,(H,14,16). The van der Waals surface area contributed by atoms with Gasteiger partial charge in [-0.25, -0.2) is 0 Å². The van der Waals surface area contributed by atoms with Crippen molar-refractivity contribution in [3.05, 3.63) is 0 Å². The van der Waals surface area contributed by atoms with Crippen molar-refractivity contribution in [2.45, 2.75) is 45.6 Å². The van der Waals surface area contributed by atoms with Crippen molar-refractivity contribution >= 4 is 11.8 Å². The summed E-state index contributed by atoms with van der Waals surface area (Å²) in [6, 6.07) is -0.329. The third kappa shape index (κ3) is 2.79.